The van der Waals surface area contributed by atoms with Gasteiger partial charge in [-0.15, -0.1) is 4.98 Å². The number of aliphatic hydroxyl groups is 1. The van der Waals surface area contributed by atoms with Crippen molar-refractivity contribution in [2.45, 2.75) is 24.3 Å². The molecule has 0 saturated carbocycles. The van der Waals surface area contributed by atoms with Gasteiger partial charge in [-0.05, 0) is 32.0 Å². The number of carbonyl (C=O) groups is 2. The predicted octanol–water partition coefficient (Wildman–Crippen LogP) is 0.998. The summed E-state index contributed by atoms with van der Waals surface area (Å²) >= 11 is 0. The van der Waals surface area contributed by atoms with Gasteiger partial charge in [0.25, 0.3) is 17.6 Å². The molecule has 30 heavy (non-hydrogen) atoms. The zero-order chi connectivity index (χ0) is 22.7. The van der Waals surface area contributed by atoms with E-state index in [1.54, 1.807) is 0 Å². The van der Waals surface area contributed by atoms with E-state index in [0.29, 0.717) is 6.07 Å². The zero-order valence-corrected chi connectivity index (χ0v) is 17.0. The largest absolute Gasteiger partial charge is 0.379 e. The zero-order valence-electron chi connectivity index (χ0n) is 16.2. The van der Waals surface area contributed by atoms with Gasteiger partial charge in [0.1, 0.15) is 5.82 Å². The molecule has 1 aromatic carbocycles. The fourth-order valence-electron chi connectivity index (χ4n) is 2.42. The van der Waals surface area contributed by atoms with Gasteiger partial charge in [-0.1, -0.05) is 6.57 Å². The highest BCUT2D eigenvalue weighted by atomic mass is 32.2. The maximum Gasteiger partial charge on any atom is 0.291 e. The first-order chi connectivity index (χ1) is 13.9. The van der Waals surface area contributed by atoms with E-state index in [2.05, 4.69) is 25.4 Å². The molecule has 0 aliphatic heterocycles. The molecule has 12 heteroatoms. The van der Waals surface area contributed by atoms with Gasteiger partial charge in [0.15, 0.2) is 27.5 Å². The van der Waals surface area contributed by atoms with Gasteiger partial charge in [-0.25, -0.2) is 17.8 Å². The normalized spacial score (nSPS) is 13.1. The number of sulfone groups is 1. The minimum Gasteiger partial charge on any atom is -0.379 e. The summed E-state index contributed by atoms with van der Waals surface area (Å²) in [5.74, 6) is -3.99. The lowest BCUT2D eigenvalue weighted by Crippen LogP contribution is -2.46. The molecule has 2 aromatic rings. The highest BCUT2D eigenvalue weighted by Gasteiger charge is 2.37. The van der Waals surface area contributed by atoms with Crippen LogP contribution in [0.25, 0.3) is 4.85 Å². The quantitative estimate of drug-likeness (QED) is 0.575. The van der Waals surface area contributed by atoms with E-state index in [1.165, 1.54) is 14.0 Å². The Labute approximate surface area is 171 Å². The van der Waals surface area contributed by atoms with Crippen LogP contribution in [0.15, 0.2) is 29.3 Å². The van der Waals surface area contributed by atoms with Crippen molar-refractivity contribution in [3.63, 3.8) is 0 Å². The number of amides is 2. The molecule has 0 radical (unpaired) electrons. The molecular weight excluding hydrogens is 417 g/mol. The van der Waals surface area contributed by atoms with Gasteiger partial charge in [0.2, 0.25) is 0 Å². The van der Waals surface area contributed by atoms with Gasteiger partial charge in [-0.3, -0.25) is 9.59 Å². The van der Waals surface area contributed by atoms with Crippen LogP contribution in [-0.2, 0) is 14.6 Å². The van der Waals surface area contributed by atoms with Crippen molar-refractivity contribution in [3.05, 3.63) is 52.9 Å². The van der Waals surface area contributed by atoms with Gasteiger partial charge in [0.05, 0.1) is 21.9 Å². The number of aryl methyl sites for hydroxylation is 1. The van der Waals surface area contributed by atoms with Gasteiger partial charge < -0.3 is 20.6 Å². The number of hydrogen-bond acceptors (Lipinski definition) is 7. The SMILES string of the molecule is [C-]#[N+]c1ncc(NC(=O)[C@@](C)(O)CS(=O)(=O)c2ccc(C(=O)NC)c(F)c2)nc1C. The van der Waals surface area contributed by atoms with Crippen LogP contribution in [0.2, 0.25) is 0 Å². The fraction of sp³-hybridized carbons (Fsp3) is 0.278. The molecular formula is C18H18FN5O5S. The molecule has 1 heterocycles. The molecule has 158 valence electrons. The number of hydrogen-bond donors (Lipinski definition) is 3. The van der Waals surface area contributed by atoms with Crippen molar-refractivity contribution in [1.29, 1.82) is 0 Å². The Morgan fingerprint density at radius 1 is 1.37 bits per heavy atom. The summed E-state index contributed by atoms with van der Waals surface area (Å²) in [4.78, 5) is 34.3. The molecule has 0 aliphatic carbocycles. The smallest absolute Gasteiger partial charge is 0.291 e. The summed E-state index contributed by atoms with van der Waals surface area (Å²) in [7, 11) is -3.01. The number of benzene rings is 1. The fourth-order valence-corrected chi connectivity index (χ4v) is 4.02. The first kappa shape index (κ1) is 22.9. The van der Waals surface area contributed by atoms with Gasteiger partial charge in [-0.2, -0.15) is 0 Å². The van der Waals surface area contributed by atoms with Gasteiger partial charge >= 0.3 is 0 Å². The molecule has 0 aliphatic rings. The third-order valence-corrected chi connectivity index (χ3v) is 5.91. The van der Waals surface area contributed by atoms with Crippen LogP contribution >= 0.6 is 0 Å². The number of aromatic nitrogens is 2. The molecule has 0 saturated heterocycles. The summed E-state index contributed by atoms with van der Waals surface area (Å²) in [5.41, 5.74) is -2.51. The molecule has 2 amide bonds. The summed E-state index contributed by atoms with van der Waals surface area (Å²) < 4.78 is 39.2. The van der Waals surface area contributed by atoms with E-state index in [1.807, 2.05) is 0 Å². The summed E-state index contributed by atoms with van der Waals surface area (Å²) in [6.07, 6.45) is 1.09. The lowest BCUT2D eigenvalue weighted by Gasteiger charge is -2.22. The number of rotatable bonds is 6. The Morgan fingerprint density at radius 2 is 2.03 bits per heavy atom. The molecule has 1 aromatic heterocycles. The van der Waals surface area contributed by atoms with Crippen LogP contribution in [0.1, 0.15) is 23.0 Å². The number of carbonyl (C=O) groups excluding carboxylic acids is 2. The van der Waals surface area contributed by atoms with Crippen molar-refractivity contribution >= 4 is 33.3 Å². The van der Waals surface area contributed by atoms with E-state index in [0.717, 1.165) is 25.3 Å². The summed E-state index contributed by atoms with van der Waals surface area (Å²) in [6, 6.07) is 2.65. The van der Waals surface area contributed by atoms with E-state index < -0.39 is 43.7 Å². The highest BCUT2D eigenvalue weighted by Crippen LogP contribution is 2.21. The van der Waals surface area contributed by atoms with Crippen LogP contribution in [0.4, 0.5) is 16.0 Å². The standard InChI is InChI=1S/C18H18FN5O5S/c1-10-15(20-3)22-8-14(23-10)24-17(26)18(2,27)9-30(28,29)11-5-6-12(13(19)7-11)16(25)21-4/h5-8,27H,9H2,1-2,4H3,(H,21,25)(H,23,24,26)/t18-/m0/s1. The van der Waals surface area contributed by atoms with Crippen molar-refractivity contribution in [3.8, 4) is 0 Å². The summed E-state index contributed by atoms with van der Waals surface area (Å²) in [6.45, 7) is 9.39. The molecule has 3 N–H and O–H groups in total. The van der Waals surface area contributed by atoms with E-state index in [4.69, 9.17) is 6.57 Å². The second-order valence-corrected chi connectivity index (χ2v) is 8.47. The Hall–Kier alpha value is -3.43. The molecule has 0 unspecified atom stereocenters. The Kier molecular flexibility index (Phi) is 6.49. The lowest BCUT2D eigenvalue weighted by atomic mass is 10.1. The number of nitrogens with zero attached hydrogens (tertiary/aromatic N) is 3. The lowest BCUT2D eigenvalue weighted by molar-refractivity contribution is -0.130. The van der Waals surface area contributed by atoms with Crippen LogP contribution in [0.3, 0.4) is 0 Å². The minimum absolute atomic E-state index is 0.0320. The average molecular weight is 435 g/mol. The molecule has 2 rings (SSSR count). The van der Waals surface area contributed by atoms with E-state index in [-0.39, 0.29) is 22.9 Å². The molecule has 0 spiro atoms. The molecule has 1 atom stereocenters. The Balaban J connectivity index is 2.23. The number of halogens is 1. The third-order valence-electron chi connectivity index (χ3n) is 4.00. The van der Waals surface area contributed by atoms with Crippen molar-refractivity contribution in [2.24, 2.45) is 0 Å². The third kappa shape index (κ3) is 4.94. The van der Waals surface area contributed by atoms with Crippen LogP contribution in [0.5, 0.6) is 0 Å². The number of nitrogens with one attached hydrogen (secondary N) is 2. The Morgan fingerprint density at radius 3 is 2.57 bits per heavy atom. The number of anilines is 1. The van der Waals surface area contributed by atoms with Crippen molar-refractivity contribution in [2.75, 3.05) is 18.1 Å². The minimum atomic E-state index is -4.30. The topological polar surface area (TPSA) is 143 Å². The average Bonchev–Trinajstić information content (AvgIpc) is 2.66. The van der Waals surface area contributed by atoms with Crippen molar-refractivity contribution in [1.82, 2.24) is 15.3 Å². The maximum absolute atomic E-state index is 14.1. The van der Waals surface area contributed by atoms with Crippen molar-refractivity contribution < 1.29 is 27.5 Å². The molecule has 0 fully saturated rings. The second-order valence-electron chi connectivity index (χ2n) is 6.48. The van der Waals surface area contributed by atoms with Gasteiger partial charge in [0, 0.05) is 7.05 Å². The monoisotopic (exact) mass is 435 g/mol. The highest BCUT2D eigenvalue weighted by molar-refractivity contribution is 7.91. The van der Waals surface area contributed by atoms with Crippen LogP contribution < -0.4 is 10.6 Å². The second kappa shape index (κ2) is 8.52. The molecule has 0 bridgehead atoms. The first-order valence-corrected chi connectivity index (χ1v) is 10.1. The maximum atomic E-state index is 14.1. The first-order valence-electron chi connectivity index (χ1n) is 8.40. The summed E-state index contributed by atoms with van der Waals surface area (Å²) in [5, 5.41) is 14.9. The van der Waals surface area contributed by atoms with Crippen LogP contribution in [0, 0.1) is 19.3 Å². The molecule has 10 nitrogen and oxygen atoms in total. The van der Waals surface area contributed by atoms with E-state index >= 15 is 0 Å². The van der Waals surface area contributed by atoms with Crippen LogP contribution in [-0.4, -0.2) is 53.7 Å². The Bertz CT molecular complexity index is 1160. The van der Waals surface area contributed by atoms with E-state index in [9.17, 15) is 27.5 Å². The predicted molar refractivity (Wildman–Crippen MR) is 104 cm³/mol.